The summed E-state index contributed by atoms with van der Waals surface area (Å²) in [6.07, 6.45) is 2.84. The first-order chi connectivity index (χ1) is 7.88. The summed E-state index contributed by atoms with van der Waals surface area (Å²) in [6.45, 7) is 1.65. The van der Waals surface area contributed by atoms with Crippen molar-refractivity contribution in [2.24, 2.45) is 0 Å². The summed E-state index contributed by atoms with van der Waals surface area (Å²) < 4.78 is 0. The molecule has 1 aliphatic heterocycles. The summed E-state index contributed by atoms with van der Waals surface area (Å²) in [6, 6.07) is 8.39. The van der Waals surface area contributed by atoms with Gasteiger partial charge in [0.2, 0.25) is 6.41 Å². The van der Waals surface area contributed by atoms with Gasteiger partial charge in [0.25, 0.3) is 0 Å². The Bertz CT molecular complexity index is 530. The number of hydrogen-bond acceptors (Lipinski definition) is 1. The normalized spacial score (nSPS) is 15.9. The molecule has 1 aliphatic rings. The quantitative estimate of drug-likeness (QED) is 0.721. The first-order valence-electron chi connectivity index (χ1n) is 5.66. The Morgan fingerprint density at radius 2 is 2.00 bits per heavy atom. The lowest BCUT2D eigenvalue weighted by Crippen LogP contribution is -2.24. The molecule has 0 bridgehead atoms. The molecule has 1 amide bonds. The molecule has 0 fully saturated rings. The number of aromatic amines is 1. The molecule has 1 aromatic carbocycles. The predicted molar refractivity (Wildman–Crippen MR) is 63.3 cm³/mol. The Morgan fingerprint density at radius 1 is 1.19 bits per heavy atom. The van der Waals surface area contributed by atoms with Crippen LogP contribution in [-0.2, 0) is 17.6 Å². The fraction of sp³-hybridized carbons (Fsp3) is 0.308. The predicted octanol–water partition coefficient (Wildman–Crippen LogP) is 1.72. The second-order valence-electron chi connectivity index (χ2n) is 4.27. The Morgan fingerprint density at radius 3 is 2.88 bits per heavy atom. The van der Waals surface area contributed by atoms with Gasteiger partial charge in [0.1, 0.15) is 0 Å². The number of H-pyrrole nitrogens is 1. The number of hydrogen-bond donors (Lipinski definition) is 1. The number of fused-ring (bicyclic) bond motifs is 3. The molecule has 3 nitrogen and oxygen atoms in total. The number of para-hydroxylation sites is 1. The van der Waals surface area contributed by atoms with Crippen molar-refractivity contribution in [1.82, 2.24) is 9.88 Å². The largest absolute Gasteiger partial charge is 0.358 e. The van der Waals surface area contributed by atoms with E-state index in [1.807, 2.05) is 4.90 Å². The van der Waals surface area contributed by atoms with E-state index in [9.17, 15) is 4.79 Å². The van der Waals surface area contributed by atoms with Crippen LogP contribution in [0.15, 0.2) is 24.3 Å². The van der Waals surface area contributed by atoms with E-state index < -0.39 is 0 Å². The first kappa shape index (κ1) is 9.46. The van der Waals surface area contributed by atoms with Gasteiger partial charge >= 0.3 is 0 Å². The standard InChI is InChI=1S/C13H14N2O/c16-9-15-7-5-11-10-3-1-2-4-12(10)14-13(11)6-8-15/h1-4,9,14H,5-8H2. The molecule has 0 saturated heterocycles. The van der Waals surface area contributed by atoms with Crippen molar-refractivity contribution in [3.63, 3.8) is 0 Å². The minimum atomic E-state index is 0.823. The third-order valence-electron chi connectivity index (χ3n) is 3.35. The minimum absolute atomic E-state index is 0.823. The van der Waals surface area contributed by atoms with Crippen LogP contribution in [0.25, 0.3) is 10.9 Å². The van der Waals surface area contributed by atoms with Crippen LogP contribution >= 0.6 is 0 Å². The van der Waals surface area contributed by atoms with E-state index in [0.29, 0.717) is 0 Å². The number of benzene rings is 1. The van der Waals surface area contributed by atoms with Gasteiger partial charge < -0.3 is 9.88 Å². The van der Waals surface area contributed by atoms with Gasteiger partial charge in [0, 0.05) is 36.1 Å². The molecule has 82 valence electrons. The maximum Gasteiger partial charge on any atom is 0.209 e. The number of carbonyl (C=O) groups is 1. The van der Waals surface area contributed by atoms with Crippen LogP contribution in [0.4, 0.5) is 0 Å². The van der Waals surface area contributed by atoms with Gasteiger partial charge in [-0.05, 0) is 18.1 Å². The summed E-state index contributed by atoms with van der Waals surface area (Å²) in [5.41, 5.74) is 3.90. The van der Waals surface area contributed by atoms with Crippen LogP contribution in [0, 0.1) is 0 Å². The van der Waals surface area contributed by atoms with Crippen LogP contribution in [-0.4, -0.2) is 29.4 Å². The molecule has 0 unspecified atom stereocenters. The zero-order chi connectivity index (χ0) is 11.0. The SMILES string of the molecule is O=CN1CCc2[nH]c3ccccc3c2CC1. The number of aromatic nitrogens is 1. The van der Waals surface area contributed by atoms with Crippen molar-refractivity contribution in [3.8, 4) is 0 Å². The maximum atomic E-state index is 10.8. The summed E-state index contributed by atoms with van der Waals surface area (Å²) in [7, 11) is 0. The molecular weight excluding hydrogens is 200 g/mol. The lowest BCUT2D eigenvalue weighted by molar-refractivity contribution is -0.118. The Kier molecular flexibility index (Phi) is 2.17. The van der Waals surface area contributed by atoms with Gasteiger partial charge in [0.05, 0.1) is 0 Å². The van der Waals surface area contributed by atoms with Gasteiger partial charge in [-0.15, -0.1) is 0 Å². The highest BCUT2D eigenvalue weighted by Gasteiger charge is 2.16. The van der Waals surface area contributed by atoms with Crippen molar-refractivity contribution in [2.75, 3.05) is 13.1 Å². The Balaban J connectivity index is 2.07. The van der Waals surface area contributed by atoms with Crippen molar-refractivity contribution < 1.29 is 4.79 Å². The van der Waals surface area contributed by atoms with E-state index in [-0.39, 0.29) is 0 Å². The number of nitrogens with one attached hydrogen (secondary N) is 1. The zero-order valence-corrected chi connectivity index (χ0v) is 9.07. The fourth-order valence-corrected chi connectivity index (χ4v) is 2.48. The molecule has 2 aromatic rings. The fourth-order valence-electron chi connectivity index (χ4n) is 2.48. The van der Waals surface area contributed by atoms with E-state index in [4.69, 9.17) is 0 Å². The smallest absolute Gasteiger partial charge is 0.209 e. The van der Waals surface area contributed by atoms with Crippen LogP contribution in [0.1, 0.15) is 11.3 Å². The summed E-state index contributed by atoms with van der Waals surface area (Å²) in [4.78, 5) is 16.1. The van der Waals surface area contributed by atoms with Gasteiger partial charge in [0.15, 0.2) is 0 Å². The first-order valence-corrected chi connectivity index (χ1v) is 5.66. The number of nitrogens with zero attached hydrogens (tertiary/aromatic N) is 1. The lowest BCUT2D eigenvalue weighted by atomic mass is 10.1. The van der Waals surface area contributed by atoms with Crippen molar-refractivity contribution in [1.29, 1.82) is 0 Å². The molecule has 3 heteroatoms. The molecular formula is C13H14N2O. The third kappa shape index (κ3) is 1.40. The maximum absolute atomic E-state index is 10.8. The van der Waals surface area contributed by atoms with E-state index in [1.54, 1.807) is 0 Å². The molecule has 1 aromatic heterocycles. The van der Waals surface area contributed by atoms with Crippen LogP contribution in [0.3, 0.4) is 0 Å². The minimum Gasteiger partial charge on any atom is -0.358 e. The highest BCUT2D eigenvalue weighted by Crippen LogP contribution is 2.25. The number of amides is 1. The third-order valence-corrected chi connectivity index (χ3v) is 3.35. The average molecular weight is 214 g/mol. The van der Waals surface area contributed by atoms with Gasteiger partial charge in [-0.1, -0.05) is 18.2 Å². The van der Waals surface area contributed by atoms with Crippen LogP contribution in [0.5, 0.6) is 0 Å². The van der Waals surface area contributed by atoms with Crippen LogP contribution < -0.4 is 0 Å². The van der Waals surface area contributed by atoms with Crippen molar-refractivity contribution >= 4 is 17.3 Å². The van der Waals surface area contributed by atoms with E-state index in [0.717, 1.165) is 32.3 Å². The molecule has 2 heterocycles. The van der Waals surface area contributed by atoms with Gasteiger partial charge in [-0.3, -0.25) is 4.79 Å². The second kappa shape index (κ2) is 3.67. The molecule has 0 aliphatic carbocycles. The van der Waals surface area contributed by atoms with E-state index >= 15 is 0 Å². The monoisotopic (exact) mass is 214 g/mol. The topological polar surface area (TPSA) is 36.1 Å². The molecule has 0 spiro atoms. The Hall–Kier alpha value is -1.77. The lowest BCUT2D eigenvalue weighted by Gasteiger charge is -2.12. The summed E-state index contributed by atoms with van der Waals surface area (Å²) in [5, 5.41) is 1.31. The highest BCUT2D eigenvalue weighted by molar-refractivity contribution is 5.84. The van der Waals surface area contributed by atoms with E-state index in [1.165, 1.54) is 22.2 Å². The van der Waals surface area contributed by atoms with Gasteiger partial charge in [-0.25, -0.2) is 0 Å². The molecule has 16 heavy (non-hydrogen) atoms. The van der Waals surface area contributed by atoms with Crippen molar-refractivity contribution in [3.05, 3.63) is 35.5 Å². The molecule has 3 rings (SSSR count). The highest BCUT2D eigenvalue weighted by atomic mass is 16.1. The van der Waals surface area contributed by atoms with Gasteiger partial charge in [-0.2, -0.15) is 0 Å². The molecule has 1 N–H and O–H groups in total. The molecule has 0 saturated carbocycles. The molecule has 0 radical (unpaired) electrons. The summed E-state index contributed by atoms with van der Waals surface area (Å²) >= 11 is 0. The van der Waals surface area contributed by atoms with Crippen LogP contribution in [0.2, 0.25) is 0 Å². The Labute approximate surface area is 94.1 Å². The van der Waals surface area contributed by atoms with Crippen molar-refractivity contribution in [2.45, 2.75) is 12.8 Å². The van der Waals surface area contributed by atoms with E-state index in [2.05, 4.69) is 29.2 Å². The zero-order valence-electron chi connectivity index (χ0n) is 9.07. The second-order valence-corrected chi connectivity index (χ2v) is 4.27. The summed E-state index contributed by atoms with van der Waals surface area (Å²) in [5.74, 6) is 0. The number of rotatable bonds is 1. The number of carbonyl (C=O) groups excluding carboxylic acids is 1. The average Bonchev–Trinajstić information content (AvgIpc) is 2.55. The molecule has 0 atom stereocenters.